The zero-order chi connectivity index (χ0) is 16.4. The number of nitrogens with one attached hydrogen (secondary N) is 1. The summed E-state index contributed by atoms with van der Waals surface area (Å²) in [5.41, 5.74) is 2.18. The number of benzene rings is 1. The lowest BCUT2D eigenvalue weighted by Crippen LogP contribution is -2.34. The molecule has 0 fully saturated rings. The summed E-state index contributed by atoms with van der Waals surface area (Å²) in [6.45, 7) is 2.84. The monoisotopic (exact) mass is 313 g/mol. The number of nitrogens with zero attached hydrogens (tertiary/aromatic N) is 4. The maximum absolute atomic E-state index is 12.4. The standard InChI is InChI=1S/C16H19N5O2/c1-3-10-21-13-7-5-4-6-11(13)17-16(21)18-15(23)12-8-9-14(22)20(2)19-12/h4-7H,3,8-10H2,1-2H3,(H,17,18,23). The quantitative estimate of drug-likeness (QED) is 0.937. The van der Waals surface area contributed by atoms with Crippen molar-refractivity contribution >= 4 is 34.5 Å². The molecule has 120 valence electrons. The summed E-state index contributed by atoms with van der Waals surface area (Å²) < 4.78 is 1.99. The van der Waals surface area contributed by atoms with Crippen LogP contribution in [0.1, 0.15) is 26.2 Å². The van der Waals surface area contributed by atoms with Crippen LogP contribution in [0.2, 0.25) is 0 Å². The van der Waals surface area contributed by atoms with Crippen LogP contribution in [0.4, 0.5) is 5.95 Å². The van der Waals surface area contributed by atoms with Gasteiger partial charge in [0.15, 0.2) is 0 Å². The lowest BCUT2D eigenvalue weighted by atomic mass is 10.1. The molecule has 0 bridgehead atoms. The SMILES string of the molecule is CCCn1c(NC(=O)C2=NN(C)C(=O)CC2)nc2ccccc21. The summed E-state index contributed by atoms with van der Waals surface area (Å²) in [7, 11) is 1.56. The Bertz CT molecular complexity index is 793. The van der Waals surface area contributed by atoms with Crippen LogP contribution in [0.15, 0.2) is 29.4 Å². The van der Waals surface area contributed by atoms with Gasteiger partial charge >= 0.3 is 0 Å². The Hall–Kier alpha value is -2.70. The van der Waals surface area contributed by atoms with Crippen molar-refractivity contribution in [2.45, 2.75) is 32.7 Å². The first kappa shape index (κ1) is 15.2. The molecule has 3 rings (SSSR count). The van der Waals surface area contributed by atoms with Crippen LogP contribution in [-0.2, 0) is 16.1 Å². The third-order valence-corrected chi connectivity index (χ3v) is 3.80. The highest BCUT2D eigenvalue weighted by atomic mass is 16.2. The van der Waals surface area contributed by atoms with E-state index in [-0.39, 0.29) is 11.8 Å². The Morgan fingerprint density at radius 3 is 2.83 bits per heavy atom. The van der Waals surface area contributed by atoms with E-state index in [0.717, 1.165) is 24.0 Å². The highest BCUT2D eigenvalue weighted by Crippen LogP contribution is 2.20. The van der Waals surface area contributed by atoms with Gasteiger partial charge in [0.2, 0.25) is 11.9 Å². The second-order valence-corrected chi connectivity index (χ2v) is 5.49. The molecule has 2 aromatic rings. The first-order chi connectivity index (χ1) is 11.1. The fourth-order valence-corrected chi connectivity index (χ4v) is 2.63. The Morgan fingerprint density at radius 1 is 1.30 bits per heavy atom. The number of carbonyl (C=O) groups excluding carboxylic acids is 2. The fourth-order valence-electron chi connectivity index (χ4n) is 2.63. The van der Waals surface area contributed by atoms with Crippen LogP contribution < -0.4 is 5.32 Å². The topological polar surface area (TPSA) is 79.6 Å². The molecular formula is C16H19N5O2. The van der Waals surface area contributed by atoms with E-state index < -0.39 is 0 Å². The second kappa shape index (κ2) is 6.20. The van der Waals surface area contributed by atoms with Gasteiger partial charge in [-0.2, -0.15) is 5.10 Å². The molecule has 23 heavy (non-hydrogen) atoms. The predicted octanol–water partition coefficient (Wildman–Crippen LogP) is 1.99. The summed E-state index contributed by atoms with van der Waals surface area (Å²) in [5, 5.41) is 8.09. The number of fused-ring (bicyclic) bond motifs is 1. The number of aryl methyl sites for hydroxylation is 1. The van der Waals surface area contributed by atoms with Gasteiger partial charge in [-0.15, -0.1) is 0 Å². The van der Waals surface area contributed by atoms with Crippen molar-refractivity contribution in [3.63, 3.8) is 0 Å². The van der Waals surface area contributed by atoms with Gasteiger partial charge in [0, 0.05) is 26.4 Å². The molecule has 0 spiro atoms. The van der Waals surface area contributed by atoms with Gasteiger partial charge in [0.1, 0.15) is 5.71 Å². The van der Waals surface area contributed by atoms with E-state index in [1.54, 1.807) is 7.05 Å². The molecular weight excluding hydrogens is 294 g/mol. The Balaban J connectivity index is 1.89. The molecule has 1 aliphatic rings. The molecule has 0 saturated heterocycles. The molecule has 7 nitrogen and oxygen atoms in total. The first-order valence-corrected chi connectivity index (χ1v) is 7.70. The van der Waals surface area contributed by atoms with Crippen molar-refractivity contribution in [1.29, 1.82) is 0 Å². The molecule has 0 atom stereocenters. The minimum absolute atomic E-state index is 0.0835. The minimum atomic E-state index is -0.308. The van der Waals surface area contributed by atoms with E-state index in [1.807, 2.05) is 28.8 Å². The number of hydrogen-bond donors (Lipinski definition) is 1. The van der Waals surface area contributed by atoms with Crippen molar-refractivity contribution < 1.29 is 9.59 Å². The largest absolute Gasteiger partial charge is 0.310 e. The highest BCUT2D eigenvalue weighted by molar-refractivity contribution is 6.43. The molecule has 0 aliphatic carbocycles. The second-order valence-electron chi connectivity index (χ2n) is 5.49. The smallest absolute Gasteiger partial charge is 0.274 e. The van der Waals surface area contributed by atoms with E-state index in [2.05, 4.69) is 22.3 Å². The first-order valence-electron chi connectivity index (χ1n) is 7.70. The normalized spacial score (nSPS) is 15.0. The summed E-state index contributed by atoms with van der Waals surface area (Å²) in [5.74, 6) is 0.122. The minimum Gasteiger partial charge on any atom is -0.310 e. The van der Waals surface area contributed by atoms with Crippen molar-refractivity contribution in [3.8, 4) is 0 Å². The number of aromatic nitrogens is 2. The lowest BCUT2D eigenvalue weighted by molar-refractivity contribution is -0.130. The van der Waals surface area contributed by atoms with Crippen LogP contribution in [0, 0.1) is 0 Å². The van der Waals surface area contributed by atoms with Crippen molar-refractivity contribution in [3.05, 3.63) is 24.3 Å². The summed E-state index contributed by atoms with van der Waals surface area (Å²) in [4.78, 5) is 28.4. The number of rotatable bonds is 4. The van der Waals surface area contributed by atoms with Gasteiger partial charge in [-0.25, -0.2) is 9.99 Å². The number of anilines is 1. The Morgan fingerprint density at radius 2 is 2.09 bits per heavy atom. The molecule has 2 amide bonds. The maximum Gasteiger partial charge on any atom is 0.274 e. The molecule has 1 aromatic carbocycles. The Kier molecular flexibility index (Phi) is 4.10. The molecule has 0 unspecified atom stereocenters. The van der Waals surface area contributed by atoms with Gasteiger partial charge in [0.25, 0.3) is 5.91 Å². The molecule has 1 aromatic heterocycles. The summed E-state index contributed by atoms with van der Waals surface area (Å²) in [6, 6.07) is 7.77. The average Bonchev–Trinajstić information content (AvgIpc) is 2.88. The number of carbonyl (C=O) groups is 2. The van der Waals surface area contributed by atoms with Crippen LogP contribution in [0.3, 0.4) is 0 Å². The third-order valence-electron chi connectivity index (χ3n) is 3.80. The van der Waals surface area contributed by atoms with Gasteiger partial charge in [-0.3, -0.25) is 14.9 Å². The molecule has 7 heteroatoms. The summed E-state index contributed by atoms with van der Waals surface area (Å²) >= 11 is 0. The number of para-hydroxylation sites is 2. The Labute approximate surface area is 134 Å². The molecule has 0 radical (unpaired) electrons. The van der Waals surface area contributed by atoms with Crippen LogP contribution >= 0.6 is 0 Å². The highest BCUT2D eigenvalue weighted by Gasteiger charge is 2.23. The molecule has 0 saturated carbocycles. The maximum atomic E-state index is 12.4. The van der Waals surface area contributed by atoms with E-state index in [0.29, 0.717) is 24.5 Å². The lowest BCUT2D eigenvalue weighted by Gasteiger charge is -2.19. The number of amides is 2. The number of hydrogen-bond acceptors (Lipinski definition) is 4. The van der Waals surface area contributed by atoms with E-state index >= 15 is 0 Å². The molecule has 1 N–H and O–H groups in total. The van der Waals surface area contributed by atoms with Crippen LogP contribution in [-0.4, -0.2) is 39.1 Å². The van der Waals surface area contributed by atoms with E-state index in [1.165, 1.54) is 5.01 Å². The number of hydrazone groups is 1. The van der Waals surface area contributed by atoms with Crippen molar-refractivity contribution in [2.24, 2.45) is 5.10 Å². The third kappa shape index (κ3) is 2.94. The average molecular weight is 313 g/mol. The summed E-state index contributed by atoms with van der Waals surface area (Å²) in [6.07, 6.45) is 1.58. The van der Waals surface area contributed by atoms with Gasteiger partial charge in [0.05, 0.1) is 11.0 Å². The molecule has 1 aliphatic heterocycles. The van der Waals surface area contributed by atoms with Crippen molar-refractivity contribution in [2.75, 3.05) is 12.4 Å². The van der Waals surface area contributed by atoms with E-state index in [4.69, 9.17) is 0 Å². The van der Waals surface area contributed by atoms with Crippen LogP contribution in [0.5, 0.6) is 0 Å². The fraction of sp³-hybridized carbons (Fsp3) is 0.375. The number of imidazole rings is 1. The van der Waals surface area contributed by atoms with Crippen LogP contribution in [0.25, 0.3) is 11.0 Å². The predicted molar refractivity (Wildman–Crippen MR) is 88.1 cm³/mol. The van der Waals surface area contributed by atoms with Gasteiger partial charge in [-0.05, 0) is 18.6 Å². The zero-order valence-electron chi connectivity index (χ0n) is 13.2. The van der Waals surface area contributed by atoms with Gasteiger partial charge in [-0.1, -0.05) is 19.1 Å². The van der Waals surface area contributed by atoms with E-state index in [9.17, 15) is 9.59 Å². The van der Waals surface area contributed by atoms with Crippen molar-refractivity contribution in [1.82, 2.24) is 14.6 Å². The molecule has 2 heterocycles. The van der Waals surface area contributed by atoms with Gasteiger partial charge < -0.3 is 4.57 Å². The zero-order valence-corrected chi connectivity index (χ0v) is 13.2.